The number of piperazine rings is 1. The molecule has 0 bridgehead atoms. The molecule has 1 aromatic heterocycles. The van der Waals surface area contributed by atoms with Gasteiger partial charge in [-0.3, -0.25) is 24.4 Å². The van der Waals surface area contributed by atoms with Crippen molar-refractivity contribution in [3.05, 3.63) is 101 Å². The second-order valence-electron chi connectivity index (χ2n) is 13.6. The van der Waals surface area contributed by atoms with Crippen LogP contribution in [0.1, 0.15) is 55.5 Å². The van der Waals surface area contributed by atoms with Crippen molar-refractivity contribution in [2.75, 3.05) is 26.2 Å². The number of carbonyl (C=O) groups excluding carboxylic acids is 2. The van der Waals surface area contributed by atoms with E-state index < -0.39 is 35.7 Å². The quantitative estimate of drug-likeness (QED) is 0.263. The van der Waals surface area contributed by atoms with Crippen LogP contribution in [0.25, 0.3) is 0 Å². The summed E-state index contributed by atoms with van der Waals surface area (Å²) in [5.41, 5.74) is 3.68. The maximum Gasteiger partial charge on any atom is 0.239 e. The first-order valence-electron chi connectivity index (χ1n) is 16.0. The highest BCUT2D eigenvalue weighted by Crippen LogP contribution is 2.32. The molecule has 2 aromatic carbocycles. The van der Waals surface area contributed by atoms with Crippen molar-refractivity contribution in [3.63, 3.8) is 0 Å². The molecular formula is C36H47N5O4. The number of aliphatic hydroxyl groups is 2. The van der Waals surface area contributed by atoms with E-state index in [2.05, 4.69) is 25.4 Å². The topological polar surface area (TPSA) is 118 Å². The number of pyridine rings is 1. The van der Waals surface area contributed by atoms with Gasteiger partial charge in [0.25, 0.3) is 0 Å². The highest BCUT2D eigenvalue weighted by Gasteiger charge is 2.37. The van der Waals surface area contributed by atoms with Crippen LogP contribution in [0.3, 0.4) is 0 Å². The normalized spacial score (nSPS) is 21.9. The van der Waals surface area contributed by atoms with E-state index in [0.717, 1.165) is 28.8 Å². The number of hydrogen-bond acceptors (Lipinski definition) is 7. The van der Waals surface area contributed by atoms with Gasteiger partial charge in [0.15, 0.2) is 0 Å². The number of rotatable bonds is 11. The van der Waals surface area contributed by atoms with Crippen LogP contribution in [-0.2, 0) is 29.0 Å². The minimum absolute atomic E-state index is 0.0712. The van der Waals surface area contributed by atoms with Crippen molar-refractivity contribution >= 4 is 11.8 Å². The molecular weight excluding hydrogens is 566 g/mol. The Balaban J connectivity index is 1.29. The minimum atomic E-state index is -0.833. The van der Waals surface area contributed by atoms with Gasteiger partial charge in [0.05, 0.1) is 18.2 Å². The van der Waals surface area contributed by atoms with E-state index in [9.17, 15) is 19.8 Å². The number of benzene rings is 2. The van der Waals surface area contributed by atoms with Gasteiger partial charge in [0.1, 0.15) is 6.04 Å². The molecule has 240 valence electrons. The lowest BCUT2D eigenvalue weighted by atomic mass is 9.91. The van der Waals surface area contributed by atoms with Crippen LogP contribution in [-0.4, -0.2) is 86.8 Å². The van der Waals surface area contributed by atoms with E-state index in [4.69, 9.17) is 0 Å². The average molecular weight is 614 g/mol. The molecule has 9 nitrogen and oxygen atoms in total. The van der Waals surface area contributed by atoms with Crippen molar-refractivity contribution in [1.82, 2.24) is 25.4 Å². The Morgan fingerprint density at radius 1 is 1.00 bits per heavy atom. The van der Waals surface area contributed by atoms with Crippen LogP contribution < -0.4 is 10.6 Å². The molecule has 0 radical (unpaired) electrons. The maximum absolute atomic E-state index is 13.8. The van der Waals surface area contributed by atoms with Crippen LogP contribution in [0.2, 0.25) is 0 Å². The summed E-state index contributed by atoms with van der Waals surface area (Å²) in [7, 11) is 0. The molecule has 5 rings (SSSR count). The zero-order valence-electron chi connectivity index (χ0n) is 26.6. The summed E-state index contributed by atoms with van der Waals surface area (Å²) >= 11 is 0. The van der Waals surface area contributed by atoms with Gasteiger partial charge in [-0.05, 0) is 61.9 Å². The van der Waals surface area contributed by atoms with Crippen LogP contribution in [0.4, 0.5) is 0 Å². The monoisotopic (exact) mass is 613 g/mol. The first kappa shape index (κ1) is 32.8. The molecule has 2 amide bonds. The zero-order valence-corrected chi connectivity index (χ0v) is 26.6. The number of nitrogens with zero attached hydrogens (tertiary/aromatic N) is 3. The summed E-state index contributed by atoms with van der Waals surface area (Å²) < 4.78 is 0. The van der Waals surface area contributed by atoms with Gasteiger partial charge in [0.2, 0.25) is 11.8 Å². The van der Waals surface area contributed by atoms with E-state index in [1.54, 1.807) is 6.20 Å². The molecule has 0 spiro atoms. The average Bonchev–Trinajstić information content (AvgIpc) is 3.32. The molecule has 0 saturated carbocycles. The first-order valence-corrected chi connectivity index (χ1v) is 16.0. The van der Waals surface area contributed by atoms with Crippen LogP contribution in [0.15, 0.2) is 79.1 Å². The number of aliphatic hydroxyl groups excluding tert-OH is 2. The number of aromatic nitrogens is 1. The van der Waals surface area contributed by atoms with Gasteiger partial charge in [0, 0.05) is 63.0 Å². The molecule has 2 heterocycles. The first-order chi connectivity index (χ1) is 21.6. The third kappa shape index (κ3) is 8.98. The third-order valence-electron chi connectivity index (χ3n) is 8.70. The fourth-order valence-corrected chi connectivity index (χ4v) is 6.56. The van der Waals surface area contributed by atoms with Crippen molar-refractivity contribution in [1.29, 1.82) is 0 Å². The van der Waals surface area contributed by atoms with Gasteiger partial charge in [-0.2, -0.15) is 0 Å². The molecule has 9 heteroatoms. The van der Waals surface area contributed by atoms with Crippen molar-refractivity contribution < 1.29 is 19.8 Å². The fraction of sp³-hybridized carbons (Fsp3) is 0.472. The molecule has 5 atom stereocenters. The van der Waals surface area contributed by atoms with Crippen LogP contribution >= 0.6 is 0 Å². The van der Waals surface area contributed by atoms with Gasteiger partial charge in [-0.15, -0.1) is 0 Å². The highest BCUT2D eigenvalue weighted by atomic mass is 16.3. The Kier molecular flexibility index (Phi) is 10.7. The summed E-state index contributed by atoms with van der Waals surface area (Å²) in [5, 5.41) is 28.5. The minimum Gasteiger partial charge on any atom is -0.392 e. The summed E-state index contributed by atoms with van der Waals surface area (Å²) in [5.74, 6) is -0.781. The maximum atomic E-state index is 13.8. The molecule has 4 N–H and O–H groups in total. The predicted molar refractivity (Wildman–Crippen MR) is 174 cm³/mol. The molecule has 1 aliphatic carbocycles. The number of β-amino-alcohol motifs (C(OH)–C–C–N with tert-alkyl or cyclic N) is 1. The van der Waals surface area contributed by atoms with E-state index >= 15 is 0 Å². The van der Waals surface area contributed by atoms with E-state index in [0.29, 0.717) is 32.5 Å². The van der Waals surface area contributed by atoms with Crippen molar-refractivity contribution in [2.24, 2.45) is 5.92 Å². The summed E-state index contributed by atoms with van der Waals surface area (Å²) in [4.78, 5) is 35.9. The predicted octanol–water partition coefficient (Wildman–Crippen LogP) is 2.87. The smallest absolute Gasteiger partial charge is 0.239 e. The molecule has 45 heavy (non-hydrogen) atoms. The summed E-state index contributed by atoms with van der Waals surface area (Å²) in [6.07, 6.45) is 3.26. The van der Waals surface area contributed by atoms with E-state index in [1.807, 2.05) is 93.7 Å². The summed E-state index contributed by atoms with van der Waals surface area (Å²) in [6.45, 7) is 8.74. The Labute approximate surface area is 266 Å². The Morgan fingerprint density at radius 3 is 2.47 bits per heavy atom. The lowest BCUT2D eigenvalue weighted by molar-refractivity contribution is -0.132. The number of nitrogens with one attached hydrogen (secondary N) is 2. The molecule has 2 aliphatic rings. The van der Waals surface area contributed by atoms with Crippen molar-refractivity contribution in [3.8, 4) is 0 Å². The Hall–Kier alpha value is -3.63. The molecule has 1 aliphatic heterocycles. The lowest BCUT2D eigenvalue weighted by Crippen LogP contribution is -2.61. The van der Waals surface area contributed by atoms with E-state index in [1.165, 1.54) is 0 Å². The van der Waals surface area contributed by atoms with Gasteiger partial charge in [-0.1, -0.05) is 60.7 Å². The fourth-order valence-electron chi connectivity index (χ4n) is 6.56. The zero-order chi connectivity index (χ0) is 32.0. The second kappa shape index (κ2) is 14.6. The SMILES string of the molecule is CC(C)(C)NC(=O)[C@H]1CN(Cc2cccnc2)CCN1C[C@H](O)C[C@H](Cc1ccccc1)C(=O)N[C@H]1c2ccccc2C[C@H]1O. The largest absolute Gasteiger partial charge is 0.392 e. The highest BCUT2D eigenvalue weighted by molar-refractivity contribution is 5.83. The van der Waals surface area contributed by atoms with Gasteiger partial charge < -0.3 is 20.8 Å². The molecule has 1 saturated heterocycles. The summed E-state index contributed by atoms with van der Waals surface area (Å²) in [6, 6.07) is 20.6. The molecule has 3 aromatic rings. The molecule has 0 unspecified atom stereocenters. The number of amides is 2. The lowest BCUT2D eigenvalue weighted by Gasteiger charge is -2.42. The number of carbonyl (C=O) groups is 2. The Bertz CT molecular complexity index is 1410. The van der Waals surface area contributed by atoms with E-state index in [-0.39, 0.29) is 24.8 Å². The standard InChI is InChI=1S/C36H47N5O4/c1-36(2,3)39-35(45)31-24-40(22-26-12-9-15-37-21-26)16-17-41(31)23-29(42)19-28(18-25-10-5-4-6-11-25)34(44)38-33-30-14-8-7-13-27(30)20-32(33)43/h4-15,21,28-29,31-33,42-43H,16-20,22-24H2,1-3H3,(H,38,44)(H,39,45)/t28-,29+,31+,32+,33-/m0/s1. The van der Waals surface area contributed by atoms with Crippen LogP contribution in [0.5, 0.6) is 0 Å². The molecule has 1 fully saturated rings. The van der Waals surface area contributed by atoms with Gasteiger partial charge >= 0.3 is 0 Å². The van der Waals surface area contributed by atoms with Crippen LogP contribution in [0, 0.1) is 5.92 Å². The van der Waals surface area contributed by atoms with Gasteiger partial charge in [-0.25, -0.2) is 0 Å². The Morgan fingerprint density at radius 2 is 1.73 bits per heavy atom. The number of fused-ring (bicyclic) bond motifs is 1. The third-order valence-corrected chi connectivity index (χ3v) is 8.70. The number of hydrogen-bond donors (Lipinski definition) is 4. The second-order valence-corrected chi connectivity index (χ2v) is 13.6. The van der Waals surface area contributed by atoms with Crippen molar-refractivity contribution in [2.45, 2.75) is 76.4 Å².